The van der Waals surface area contributed by atoms with Gasteiger partial charge in [0, 0.05) is 10.2 Å². The van der Waals surface area contributed by atoms with Gasteiger partial charge in [-0.05, 0) is 54.6 Å². The molecule has 2 aromatic carbocycles. The monoisotopic (exact) mass is 448 g/mol. The van der Waals surface area contributed by atoms with Crippen molar-refractivity contribution in [3.8, 4) is 5.75 Å². The Morgan fingerprint density at radius 1 is 1.07 bits per heavy atom. The summed E-state index contributed by atoms with van der Waals surface area (Å²) < 4.78 is 11.4. The second-order valence-electron chi connectivity index (χ2n) is 5.42. The molecule has 27 heavy (non-hydrogen) atoms. The number of carbonyl (C=O) groups excluding carboxylic acids is 2. The Bertz CT molecular complexity index is 943. The van der Waals surface area contributed by atoms with E-state index in [1.165, 1.54) is 12.3 Å². The minimum Gasteiger partial charge on any atom is -0.484 e. The first kappa shape index (κ1) is 19.0. The summed E-state index contributed by atoms with van der Waals surface area (Å²) in [5.74, 6) is 0.0128. The normalized spacial score (nSPS) is 10.3. The summed E-state index contributed by atoms with van der Waals surface area (Å²) in [4.78, 5) is 24.0. The van der Waals surface area contributed by atoms with E-state index in [1.54, 1.807) is 36.4 Å². The third-order valence-corrected chi connectivity index (χ3v) is 4.27. The highest BCUT2D eigenvalue weighted by molar-refractivity contribution is 9.10. The lowest BCUT2D eigenvalue weighted by Gasteiger charge is -2.10. The average molecular weight is 450 g/mol. The summed E-state index contributed by atoms with van der Waals surface area (Å²) in [6, 6.07) is 15.1. The Morgan fingerprint density at radius 3 is 2.52 bits per heavy atom. The fraction of sp³-hybridized carbons (Fsp3) is 0.0526. The molecule has 6 nitrogen and oxygen atoms in total. The zero-order valence-corrected chi connectivity index (χ0v) is 16.2. The van der Waals surface area contributed by atoms with Gasteiger partial charge in [-0.1, -0.05) is 27.5 Å². The maximum absolute atomic E-state index is 12.0. The minimum atomic E-state index is -0.415. The fourth-order valence-corrected chi connectivity index (χ4v) is 2.65. The van der Waals surface area contributed by atoms with Gasteiger partial charge in [0.2, 0.25) is 0 Å². The maximum Gasteiger partial charge on any atom is 0.291 e. The van der Waals surface area contributed by atoms with Gasteiger partial charge in [0.15, 0.2) is 12.4 Å². The van der Waals surface area contributed by atoms with Crippen LogP contribution in [0.5, 0.6) is 5.75 Å². The first-order valence-corrected chi connectivity index (χ1v) is 9.01. The summed E-state index contributed by atoms with van der Waals surface area (Å²) >= 11 is 9.50. The van der Waals surface area contributed by atoms with Crippen molar-refractivity contribution in [1.82, 2.24) is 0 Å². The quantitative estimate of drug-likeness (QED) is 0.557. The van der Waals surface area contributed by atoms with E-state index in [-0.39, 0.29) is 23.3 Å². The molecule has 0 radical (unpaired) electrons. The summed E-state index contributed by atoms with van der Waals surface area (Å²) in [6.07, 6.45) is 1.41. The molecular weight excluding hydrogens is 436 g/mol. The molecule has 0 saturated heterocycles. The molecule has 3 aromatic rings. The summed E-state index contributed by atoms with van der Waals surface area (Å²) in [7, 11) is 0. The molecule has 3 rings (SSSR count). The zero-order valence-electron chi connectivity index (χ0n) is 13.9. The minimum absolute atomic E-state index is 0.143. The van der Waals surface area contributed by atoms with Crippen LogP contribution in [0, 0.1) is 0 Å². The smallest absolute Gasteiger partial charge is 0.291 e. The van der Waals surface area contributed by atoms with E-state index in [0.29, 0.717) is 17.1 Å². The predicted octanol–water partition coefficient (Wildman–Crippen LogP) is 4.97. The number of nitrogens with one attached hydrogen (secondary N) is 2. The Balaban J connectivity index is 1.55. The number of amides is 2. The second kappa shape index (κ2) is 8.75. The molecule has 1 aromatic heterocycles. The number of ether oxygens (including phenoxy) is 1. The van der Waals surface area contributed by atoms with Gasteiger partial charge in [-0.3, -0.25) is 9.59 Å². The van der Waals surface area contributed by atoms with Crippen molar-refractivity contribution in [3.63, 3.8) is 0 Å². The first-order chi connectivity index (χ1) is 13.0. The van der Waals surface area contributed by atoms with Crippen molar-refractivity contribution in [3.05, 3.63) is 76.1 Å². The largest absolute Gasteiger partial charge is 0.484 e. The Hall–Kier alpha value is -2.77. The Labute approximate surface area is 168 Å². The van der Waals surface area contributed by atoms with Crippen LogP contribution in [-0.4, -0.2) is 18.4 Å². The van der Waals surface area contributed by atoms with Gasteiger partial charge >= 0.3 is 0 Å². The molecule has 2 amide bonds. The van der Waals surface area contributed by atoms with Crippen molar-refractivity contribution in [2.24, 2.45) is 0 Å². The number of anilines is 2. The van der Waals surface area contributed by atoms with Crippen molar-refractivity contribution < 1.29 is 18.7 Å². The van der Waals surface area contributed by atoms with E-state index >= 15 is 0 Å². The predicted molar refractivity (Wildman–Crippen MR) is 106 cm³/mol. The summed E-state index contributed by atoms with van der Waals surface area (Å²) in [5, 5.41) is 5.60. The van der Waals surface area contributed by atoms with Crippen molar-refractivity contribution in [2.45, 2.75) is 0 Å². The molecule has 0 saturated carbocycles. The Kier molecular flexibility index (Phi) is 6.16. The highest BCUT2D eigenvalue weighted by atomic mass is 79.9. The molecule has 0 aliphatic rings. The SMILES string of the molecule is O=C(COc1ccc(Br)cc1)Nc1ccc(NC(=O)c2ccco2)c(Cl)c1. The van der Waals surface area contributed by atoms with E-state index in [2.05, 4.69) is 26.6 Å². The highest BCUT2D eigenvalue weighted by Crippen LogP contribution is 2.26. The van der Waals surface area contributed by atoms with Crippen molar-refractivity contribution in [2.75, 3.05) is 17.2 Å². The molecule has 0 atom stereocenters. The van der Waals surface area contributed by atoms with Crippen LogP contribution in [0.2, 0.25) is 5.02 Å². The average Bonchev–Trinajstić information content (AvgIpc) is 3.18. The van der Waals surface area contributed by atoms with Crippen LogP contribution in [0.15, 0.2) is 69.8 Å². The van der Waals surface area contributed by atoms with Gasteiger partial charge in [-0.15, -0.1) is 0 Å². The molecule has 0 aliphatic carbocycles. The highest BCUT2D eigenvalue weighted by Gasteiger charge is 2.12. The van der Waals surface area contributed by atoms with E-state index in [9.17, 15) is 9.59 Å². The number of hydrogen-bond donors (Lipinski definition) is 2. The van der Waals surface area contributed by atoms with Crippen LogP contribution in [-0.2, 0) is 4.79 Å². The van der Waals surface area contributed by atoms with Gasteiger partial charge in [0.25, 0.3) is 11.8 Å². The number of rotatable bonds is 6. The molecule has 0 unspecified atom stereocenters. The van der Waals surface area contributed by atoms with E-state index in [4.69, 9.17) is 20.8 Å². The lowest BCUT2D eigenvalue weighted by molar-refractivity contribution is -0.118. The van der Waals surface area contributed by atoms with Crippen LogP contribution in [0.4, 0.5) is 11.4 Å². The second-order valence-corrected chi connectivity index (χ2v) is 6.74. The molecule has 0 spiro atoms. The van der Waals surface area contributed by atoms with Crippen LogP contribution in [0.3, 0.4) is 0 Å². The number of halogens is 2. The standard InChI is InChI=1S/C19H14BrClN2O4/c20-12-3-6-14(7-4-12)27-11-18(24)22-13-5-8-16(15(21)10-13)23-19(25)17-2-1-9-26-17/h1-10H,11H2,(H,22,24)(H,23,25). The lowest BCUT2D eigenvalue weighted by atomic mass is 10.2. The maximum atomic E-state index is 12.0. The van der Waals surface area contributed by atoms with Crippen LogP contribution < -0.4 is 15.4 Å². The first-order valence-electron chi connectivity index (χ1n) is 7.84. The summed E-state index contributed by atoms with van der Waals surface area (Å²) in [6.45, 7) is -0.143. The number of furan rings is 1. The van der Waals surface area contributed by atoms with Crippen molar-refractivity contribution in [1.29, 1.82) is 0 Å². The molecule has 0 bridgehead atoms. The number of carbonyl (C=O) groups is 2. The molecule has 8 heteroatoms. The Morgan fingerprint density at radius 2 is 1.85 bits per heavy atom. The summed E-state index contributed by atoms with van der Waals surface area (Å²) in [5.41, 5.74) is 0.891. The van der Waals surface area contributed by atoms with Gasteiger partial charge in [-0.25, -0.2) is 0 Å². The lowest BCUT2D eigenvalue weighted by Crippen LogP contribution is -2.20. The van der Waals surface area contributed by atoms with Gasteiger partial charge in [0.1, 0.15) is 5.75 Å². The number of hydrogen-bond acceptors (Lipinski definition) is 4. The molecular formula is C19H14BrClN2O4. The van der Waals surface area contributed by atoms with Crippen LogP contribution in [0.25, 0.3) is 0 Å². The topological polar surface area (TPSA) is 80.6 Å². The van der Waals surface area contributed by atoms with Crippen molar-refractivity contribution >= 4 is 50.7 Å². The molecule has 138 valence electrons. The van der Waals surface area contributed by atoms with Gasteiger partial charge < -0.3 is 19.8 Å². The van der Waals surface area contributed by atoms with E-state index < -0.39 is 5.91 Å². The third-order valence-electron chi connectivity index (χ3n) is 3.43. The fourth-order valence-electron chi connectivity index (χ4n) is 2.16. The van der Waals surface area contributed by atoms with Gasteiger partial charge in [0.05, 0.1) is 17.0 Å². The van der Waals surface area contributed by atoms with Crippen LogP contribution >= 0.6 is 27.5 Å². The third kappa shape index (κ3) is 5.35. The van der Waals surface area contributed by atoms with E-state index in [0.717, 1.165) is 4.47 Å². The molecule has 0 aliphatic heterocycles. The molecule has 0 fully saturated rings. The molecule has 1 heterocycles. The number of benzene rings is 2. The van der Waals surface area contributed by atoms with Gasteiger partial charge in [-0.2, -0.15) is 0 Å². The zero-order chi connectivity index (χ0) is 19.2. The molecule has 2 N–H and O–H groups in total. The van der Waals surface area contributed by atoms with E-state index in [1.807, 2.05) is 12.1 Å². The van der Waals surface area contributed by atoms with Crippen LogP contribution in [0.1, 0.15) is 10.6 Å².